The van der Waals surface area contributed by atoms with Crippen molar-refractivity contribution in [3.8, 4) is 0 Å². The lowest BCUT2D eigenvalue weighted by Gasteiger charge is -2.41. The lowest BCUT2D eigenvalue weighted by atomic mass is 9.87. The maximum Gasteiger partial charge on any atom is 0.410 e. The SMILES string of the molecule is CC(C)(C)OC(=O)N1CCC2(CC1)C(NC(=O)OCc1ccccc1)CCS2(=O)=O. The molecule has 2 fully saturated rings. The fourth-order valence-electron chi connectivity index (χ4n) is 4.12. The summed E-state index contributed by atoms with van der Waals surface area (Å²) in [6, 6.07) is 8.75. The lowest BCUT2D eigenvalue weighted by molar-refractivity contribution is 0.0183. The van der Waals surface area contributed by atoms with E-state index in [0.29, 0.717) is 6.42 Å². The van der Waals surface area contributed by atoms with Gasteiger partial charge in [-0.1, -0.05) is 30.3 Å². The van der Waals surface area contributed by atoms with Gasteiger partial charge < -0.3 is 19.7 Å². The Balaban J connectivity index is 1.62. The minimum Gasteiger partial charge on any atom is -0.445 e. The molecule has 1 aromatic rings. The van der Waals surface area contributed by atoms with Gasteiger partial charge in [-0.05, 0) is 45.6 Å². The Labute approximate surface area is 177 Å². The molecule has 0 saturated carbocycles. The van der Waals surface area contributed by atoms with E-state index in [9.17, 15) is 18.0 Å². The highest BCUT2D eigenvalue weighted by Crippen LogP contribution is 2.41. The number of likely N-dealkylation sites (tertiary alicyclic amines) is 1. The van der Waals surface area contributed by atoms with Gasteiger partial charge in [0.1, 0.15) is 12.2 Å². The van der Waals surface area contributed by atoms with Gasteiger partial charge in [0, 0.05) is 13.1 Å². The number of ether oxygens (including phenoxy) is 2. The van der Waals surface area contributed by atoms with Crippen LogP contribution < -0.4 is 5.32 Å². The predicted molar refractivity (Wildman–Crippen MR) is 112 cm³/mol. The summed E-state index contributed by atoms with van der Waals surface area (Å²) >= 11 is 0. The van der Waals surface area contributed by atoms with E-state index in [1.165, 1.54) is 4.90 Å². The van der Waals surface area contributed by atoms with Crippen LogP contribution in [-0.2, 0) is 25.9 Å². The van der Waals surface area contributed by atoms with Gasteiger partial charge >= 0.3 is 12.2 Å². The maximum atomic E-state index is 12.9. The molecule has 0 radical (unpaired) electrons. The molecule has 1 spiro atoms. The molecule has 3 rings (SSSR count). The summed E-state index contributed by atoms with van der Waals surface area (Å²) in [6.07, 6.45) is -0.208. The smallest absolute Gasteiger partial charge is 0.410 e. The molecule has 8 nitrogen and oxygen atoms in total. The highest BCUT2D eigenvalue weighted by molar-refractivity contribution is 7.93. The van der Waals surface area contributed by atoms with Gasteiger partial charge in [0.2, 0.25) is 0 Å². The van der Waals surface area contributed by atoms with E-state index < -0.39 is 38.4 Å². The number of sulfone groups is 1. The molecule has 2 saturated heterocycles. The van der Waals surface area contributed by atoms with E-state index in [1.54, 1.807) is 20.8 Å². The highest BCUT2D eigenvalue weighted by atomic mass is 32.2. The average Bonchev–Trinajstić information content (AvgIpc) is 2.91. The van der Waals surface area contributed by atoms with Crippen molar-refractivity contribution in [2.24, 2.45) is 0 Å². The zero-order chi connectivity index (χ0) is 22.0. The Morgan fingerprint density at radius 2 is 1.80 bits per heavy atom. The Bertz CT molecular complexity index is 871. The number of benzene rings is 1. The minimum absolute atomic E-state index is 0.0169. The van der Waals surface area contributed by atoms with Crippen molar-refractivity contribution in [2.75, 3.05) is 18.8 Å². The number of carbonyl (C=O) groups is 2. The zero-order valence-electron chi connectivity index (χ0n) is 17.7. The van der Waals surface area contributed by atoms with E-state index in [-0.39, 0.29) is 38.3 Å². The van der Waals surface area contributed by atoms with Gasteiger partial charge in [-0.3, -0.25) is 0 Å². The normalized spacial score (nSPS) is 22.5. The zero-order valence-corrected chi connectivity index (χ0v) is 18.5. The quantitative estimate of drug-likeness (QED) is 0.779. The molecular weight excluding hydrogens is 408 g/mol. The third kappa shape index (κ3) is 4.88. The number of piperidine rings is 1. The fraction of sp³-hybridized carbons (Fsp3) is 0.619. The molecular formula is C21H30N2O6S. The Morgan fingerprint density at radius 3 is 2.40 bits per heavy atom. The number of rotatable bonds is 3. The molecule has 0 aromatic heterocycles. The first-order chi connectivity index (χ1) is 14.0. The molecule has 2 aliphatic heterocycles. The first-order valence-electron chi connectivity index (χ1n) is 10.2. The molecule has 1 unspecified atom stereocenters. The van der Waals surface area contributed by atoms with Gasteiger partial charge in [-0.25, -0.2) is 18.0 Å². The standard InChI is InChI=1S/C21H30N2O6S/c1-20(2,3)29-19(25)23-12-10-21(11-13-23)17(9-14-30(21,26)27)22-18(24)28-15-16-7-5-4-6-8-16/h4-8,17H,9-15H2,1-3H3,(H,22,24). The van der Waals surface area contributed by atoms with Crippen molar-refractivity contribution in [1.29, 1.82) is 0 Å². The molecule has 1 atom stereocenters. The number of nitrogens with zero attached hydrogens (tertiary/aromatic N) is 1. The highest BCUT2D eigenvalue weighted by Gasteiger charge is 2.56. The number of hydrogen-bond donors (Lipinski definition) is 1. The van der Waals surface area contributed by atoms with Crippen LogP contribution >= 0.6 is 0 Å². The van der Waals surface area contributed by atoms with Crippen LogP contribution in [0, 0.1) is 0 Å². The summed E-state index contributed by atoms with van der Waals surface area (Å²) in [7, 11) is -3.40. The van der Waals surface area contributed by atoms with Crippen LogP contribution in [0.2, 0.25) is 0 Å². The predicted octanol–water partition coefficient (Wildman–Crippen LogP) is 2.87. The van der Waals surface area contributed by atoms with Crippen LogP contribution in [0.4, 0.5) is 9.59 Å². The lowest BCUT2D eigenvalue weighted by Crippen LogP contribution is -2.58. The molecule has 166 valence electrons. The van der Waals surface area contributed by atoms with Crippen LogP contribution in [0.25, 0.3) is 0 Å². The van der Waals surface area contributed by atoms with E-state index in [0.717, 1.165) is 5.56 Å². The monoisotopic (exact) mass is 438 g/mol. The summed E-state index contributed by atoms with van der Waals surface area (Å²) < 4.78 is 35.4. The van der Waals surface area contributed by atoms with E-state index in [4.69, 9.17) is 9.47 Å². The number of alkyl carbamates (subject to hydrolysis) is 1. The molecule has 9 heteroatoms. The number of nitrogens with one attached hydrogen (secondary N) is 1. The number of amides is 2. The van der Waals surface area contributed by atoms with Crippen molar-refractivity contribution >= 4 is 22.0 Å². The molecule has 1 aromatic carbocycles. The number of hydrogen-bond acceptors (Lipinski definition) is 6. The minimum atomic E-state index is -3.40. The van der Waals surface area contributed by atoms with E-state index in [1.807, 2.05) is 30.3 Å². The van der Waals surface area contributed by atoms with Gasteiger partial charge in [-0.2, -0.15) is 0 Å². The van der Waals surface area contributed by atoms with Gasteiger partial charge in [0.25, 0.3) is 0 Å². The second-order valence-electron chi connectivity index (χ2n) is 8.90. The molecule has 1 N–H and O–H groups in total. The molecule has 2 heterocycles. The summed E-state index contributed by atoms with van der Waals surface area (Å²) in [5.74, 6) is 0.0169. The third-order valence-electron chi connectivity index (χ3n) is 5.70. The third-order valence-corrected chi connectivity index (χ3v) is 8.40. The molecule has 0 aliphatic carbocycles. The van der Waals surface area contributed by atoms with Crippen LogP contribution in [-0.4, -0.2) is 60.7 Å². The Morgan fingerprint density at radius 1 is 1.17 bits per heavy atom. The van der Waals surface area contributed by atoms with Crippen molar-refractivity contribution in [2.45, 2.75) is 63.0 Å². The summed E-state index contributed by atoms with van der Waals surface area (Å²) in [6.45, 7) is 6.03. The Hall–Kier alpha value is -2.29. The van der Waals surface area contributed by atoms with Crippen molar-refractivity contribution in [3.63, 3.8) is 0 Å². The van der Waals surface area contributed by atoms with Gasteiger partial charge in [0.05, 0.1) is 16.5 Å². The van der Waals surface area contributed by atoms with Crippen LogP contribution in [0.1, 0.15) is 45.6 Å². The number of carbonyl (C=O) groups excluding carboxylic acids is 2. The van der Waals surface area contributed by atoms with E-state index in [2.05, 4.69) is 5.32 Å². The van der Waals surface area contributed by atoms with E-state index >= 15 is 0 Å². The van der Waals surface area contributed by atoms with Crippen molar-refractivity contribution in [1.82, 2.24) is 10.2 Å². The van der Waals surface area contributed by atoms with Crippen LogP contribution in [0.3, 0.4) is 0 Å². The second kappa shape index (κ2) is 8.45. The molecule has 30 heavy (non-hydrogen) atoms. The van der Waals surface area contributed by atoms with Crippen molar-refractivity contribution < 1.29 is 27.5 Å². The molecule has 2 aliphatic rings. The van der Waals surface area contributed by atoms with Gasteiger partial charge in [-0.15, -0.1) is 0 Å². The van der Waals surface area contributed by atoms with Crippen LogP contribution in [0.5, 0.6) is 0 Å². The summed E-state index contributed by atoms with van der Waals surface area (Å²) in [5, 5.41) is 2.77. The maximum absolute atomic E-state index is 12.9. The topological polar surface area (TPSA) is 102 Å². The first kappa shape index (κ1) is 22.4. The first-order valence-corrected chi connectivity index (χ1v) is 11.9. The average molecular weight is 439 g/mol. The second-order valence-corrected chi connectivity index (χ2v) is 11.3. The molecule has 2 amide bonds. The largest absolute Gasteiger partial charge is 0.445 e. The Kier molecular flexibility index (Phi) is 6.31. The van der Waals surface area contributed by atoms with Gasteiger partial charge in [0.15, 0.2) is 9.84 Å². The van der Waals surface area contributed by atoms with Crippen LogP contribution in [0.15, 0.2) is 30.3 Å². The molecule has 0 bridgehead atoms. The summed E-state index contributed by atoms with van der Waals surface area (Å²) in [4.78, 5) is 26.2. The summed E-state index contributed by atoms with van der Waals surface area (Å²) in [5.41, 5.74) is 0.241. The fourth-order valence-corrected chi connectivity index (χ4v) is 6.49. The van der Waals surface area contributed by atoms with Crippen molar-refractivity contribution in [3.05, 3.63) is 35.9 Å².